The monoisotopic (exact) mass is 457 g/mol. The molecular weight excluding hydrogens is 418 g/mol. The molecule has 0 radical (unpaired) electrons. The molecule has 0 saturated carbocycles. The number of aryl methyl sites for hydroxylation is 1. The molecule has 0 spiro atoms. The van der Waals surface area contributed by atoms with E-state index in [1.165, 1.54) is 4.90 Å². The number of nitrogens with zero attached hydrogens (tertiary/aromatic N) is 3. The predicted molar refractivity (Wildman–Crippen MR) is 132 cm³/mol. The van der Waals surface area contributed by atoms with Crippen LogP contribution in [0.15, 0.2) is 30.3 Å². The van der Waals surface area contributed by atoms with Crippen molar-refractivity contribution in [2.24, 2.45) is 0 Å². The van der Waals surface area contributed by atoms with Gasteiger partial charge in [0.25, 0.3) is 0 Å². The third kappa shape index (κ3) is 7.89. The number of amides is 3. The number of urea groups is 1. The van der Waals surface area contributed by atoms with E-state index in [1.807, 2.05) is 58.0 Å². The zero-order valence-electron chi connectivity index (χ0n) is 21.3. The third-order valence-electron chi connectivity index (χ3n) is 4.97. The van der Waals surface area contributed by atoms with Gasteiger partial charge in [-0.3, -0.25) is 4.79 Å². The number of carbonyl (C=O) groups excluding carboxylic acids is 2. The average Bonchev–Trinajstić information content (AvgIpc) is 3.10. The van der Waals surface area contributed by atoms with Crippen LogP contribution in [-0.2, 0) is 14.9 Å². The molecule has 182 valence electrons. The summed E-state index contributed by atoms with van der Waals surface area (Å²) in [6, 6.07) is 9.51. The van der Waals surface area contributed by atoms with Crippen molar-refractivity contribution in [3.05, 3.63) is 41.6 Å². The molecule has 0 unspecified atom stereocenters. The lowest BCUT2D eigenvalue weighted by molar-refractivity contribution is -0.116. The van der Waals surface area contributed by atoms with E-state index in [0.717, 1.165) is 16.9 Å². The minimum absolute atomic E-state index is 0.0740. The molecule has 0 bridgehead atoms. The minimum atomic E-state index is -0.405. The molecule has 8 nitrogen and oxygen atoms in total. The Morgan fingerprint density at radius 3 is 2.36 bits per heavy atom. The van der Waals surface area contributed by atoms with Crippen LogP contribution < -0.4 is 10.6 Å². The SMILES string of the molecule is COCCCN(CC(=O)Nc1cc(C(C)(C)C)nn1-c1ccccc1C)C(=O)NC(C)(C)C. The van der Waals surface area contributed by atoms with Crippen LogP contribution in [0.25, 0.3) is 5.69 Å². The first kappa shape index (κ1) is 26.4. The van der Waals surface area contributed by atoms with Gasteiger partial charge in [-0.2, -0.15) is 5.10 Å². The maximum absolute atomic E-state index is 13.0. The van der Waals surface area contributed by atoms with E-state index >= 15 is 0 Å². The van der Waals surface area contributed by atoms with Crippen molar-refractivity contribution >= 4 is 17.8 Å². The summed E-state index contributed by atoms with van der Waals surface area (Å²) >= 11 is 0. The van der Waals surface area contributed by atoms with Gasteiger partial charge in [0.15, 0.2) is 0 Å². The standard InChI is InChI=1S/C25H39N5O3/c1-18-12-9-10-13-19(18)30-21(16-20(28-30)24(2,3)4)26-22(31)17-29(14-11-15-33-8)23(32)27-25(5,6)7/h9-10,12-13,16H,11,14-15,17H2,1-8H3,(H,26,31)(H,27,32). The van der Waals surface area contributed by atoms with Crippen LogP contribution in [-0.4, -0.2) is 59.0 Å². The number of methoxy groups -OCH3 is 1. The smallest absolute Gasteiger partial charge is 0.318 e. The fourth-order valence-corrected chi connectivity index (χ4v) is 3.23. The number of nitrogens with one attached hydrogen (secondary N) is 2. The van der Waals surface area contributed by atoms with Gasteiger partial charge in [0.1, 0.15) is 12.4 Å². The Balaban J connectivity index is 2.28. The molecule has 0 aliphatic rings. The van der Waals surface area contributed by atoms with Crippen LogP contribution in [0.2, 0.25) is 0 Å². The fourth-order valence-electron chi connectivity index (χ4n) is 3.23. The number of hydrogen-bond donors (Lipinski definition) is 2. The number of rotatable bonds is 8. The molecule has 3 amide bonds. The van der Waals surface area contributed by atoms with E-state index in [0.29, 0.717) is 25.4 Å². The molecule has 0 fully saturated rings. The molecule has 0 saturated heterocycles. The van der Waals surface area contributed by atoms with Crippen LogP contribution in [0.4, 0.5) is 10.6 Å². The second-order valence-electron chi connectivity index (χ2n) is 10.4. The van der Waals surface area contributed by atoms with Crippen molar-refractivity contribution in [3.8, 4) is 5.69 Å². The highest BCUT2D eigenvalue weighted by Gasteiger charge is 2.24. The molecule has 1 aromatic carbocycles. The molecule has 1 heterocycles. The van der Waals surface area contributed by atoms with Crippen LogP contribution in [0.5, 0.6) is 0 Å². The Kier molecular flexibility index (Phi) is 8.66. The second kappa shape index (κ2) is 10.8. The zero-order valence-corrected chi connectivity index (χ0v) is 21.3. The maximum atomic E-state index is 13.0. The summed E-state index contributed by atoms with van der Waals surface area (Å²) in [7, 11) is 1.62. The van der Waals surface area contributed by atoms with Gasteiger partial charge in [-0.25, -0.2) is 9.48 Å². The lowest BCUT2D eigenvalue weighted by Crippen LogP contribution is -2.50. The van der Waals surface area contributed by atoms with E-state index < -0.39 is 5.54 Å². The van der Waals surface area contributed by atoms with E-state index in [2.05, 4.69) is 31.4 Å². The highest BCUT2D eigenvalue weighted by atomic mass is 16.5. The first-order valence-corrected chi connectivity index (χ1v) is 11.3. The Morgan fingerprint density at radius 2 is 1.79 bits per heavy atom. The van der Waals surface area contributed by atoms with Crippen LogP contribution in [0, 0.1) is 6.92 Å². The Hall–Kier alpha value is -2.87. The number of carbonyl (C=O) groups is 2. The van der Waals surface area contributed by atoms with Crippen molar-refractivity contribution in [2.75, 3.05) is 32.1 Å². The molecule has 1 aromatic heterocycles. The number of para-hydroxylation sites is 1. The molecule has 0 aliphatic heterocycles. The summed E-state index contributed by atoms with van der Waals surface area (Å²) in [4.78, 5) is 27.3. The molecule has 2 rings (SSSR count). The second-order valence-corrected chi connectivity index (χ2v) is 10.4. The van der Waals surface area contributed by atoms with Crippen molar-refractivity contribution < 1.29 is 14.3 Å². The highest BCUT2D eigenvalue weighted by Crippen LogP contribution is 2.27. The normalized spacial score (nSPS) is 11.9. The fraction of sp³-hybridized carbons (Fsp3) is 0.560. The summed E-state index contributed by atoms with van der Waals surface area (Å²) in [5.74, 6) is 0.291. The lowest BCUT2D eigenvalue weighted by Gasteiger charge is -2.28. The van der Waals surface area contributed by atoms with Crippen molar-refractivity contribution in [1.29, 1.82) is 0 Å². The number of anilines is 1. The van der Waals surface area contributed by atoms with E-state index in [9.17, 15) is 9.59 Å². The molecule has 8 heteroatoms. The molecule has 2 aromatic rings. The Labute approximate surface area is 197 Å². The number of aromatic nitrogens is 2. The van der Waals surface area contributed by atoms with Gasteiger partial charge in [-0.15, -0.1) is 0 Å². The van der Waals surface area contributed by atoms with Crippen LogP contribution in [0.1, 0.15) is 59.2 Å². The molecule has 0 aliphatic carbocycles. The molecule has 0 atom stereocenters. The summed E-state index contributed by atoms with van der Waals surface area (Å²) < 4.78 is 6.88. The number of ether oxygens (including phenoxy) is 1. The van der Waals surface area contributed by atoms with Gasteiger partial charge in [0.2, 0.25) is 5.91 Å². The Bertz CT molecular complexity index is 954. The van der Waals surface area contributed by atoms with Crippen LogP contribution >= 0.6 is 0 Å². The largest absolute Gasteiger partial charge is 0.385 e. The van der Waals surface area contributed by atoms with Gasteiger partial charge in [-0.1, -0.05) is 39.0 Å². The summed E-state index contributed by atoms with van der Waals surface area (Å²) in [6.07, 6.45) is 0.636. The maximum Gasteiger partial charge on any atom is 0.318 e. The first-order chi connectivity index (χ1) is 15.3. The number of hydrogen-bond acceptors (Lipinski definition) is 4. The lowest BCUT2D eigenvalue weighted by atomic mass is 9.92. The third-order valence-corrected chi connectivity index (χ3v) is 4.97. The van der Waals surface area contributed by atoms with E-state index in [1.54, 1.807) is 11.8 Å². The van der Waals surface area contributed by atoms with Crippen molar-refractivity contribution in [2.45, 2.75) is 65.8 Å². The molecular formula is C25H39N5O3. The number of benzene rings is 1. The topological polar surface area (TPSA) is 88.5 Å². The average molecular weight is 458 g/mol. The van der Waals surface area contributed by atoms with Crippen molar-refractivity contribution in [1.82, 2.24) is 20.0 Å². The summed E-state index contributed by atoms with van der Waals surface area (Å²) in [5.41, 5.74) is 2.21. The van der Waals surface area contributed by atoms with Gasteiger partial charge in [0.05, 0.1) is 11.4 Å². The summed E-state index contributed by atoms with van der Waals surface area (Å²) in [6.45, 7) is 14.8. The molecule has 33 heavy (non-hydrogen) atoms. The first-order valence-electron chi connectivity index (χ1n) is 11.3. The van der Waals surface area contributed by atoms with Crippen LogP contribution in [0.3, 0.4) is 0 Å². The van der Waals surface area contributed by atoms with Gasteiger partial charge >= 0.3 is 6.03 Å². The van der Waals surface area contributed by atoms with Gasteiger partial charge < -0.3 is 20.3 Å². The Morgan fingerprint density at radius 1 is 1.12 bits per heavy atom. The highest BCUT2D eigenvalue weighted by molar-refractivity contribution is 5.94. The predicted octanol–water partition coefficient (Wildman–Crippen LogP) is 4.26. The quantitative estimate of drug-likeness (QED) is 0.580. The van der Waals surface area contributed by atoms with Crippen molar-refractivity contribution in [3.63, 3.8) is 0 Å². The summed E-state index contributed by atoms with van der Waals surface area (Å²) in [5, 5.41) is 10.7. The molecule has 2 N–H and O–H groups in total. The van der Waals surface area contributed by atoms with E-state index in [-0.39, 0.29) is 23.9 Å². The van der Waals surface area contributed by atoms with Gasteiger partial charge in [0, 0.05) is 37.3 Å². The minimum Gasteiger partial charge on any atom is -0.385 e. The van der Waals surface area contributed by atoms with Gasteiger partial charge in [-0.05, 0) is 45.7 Å². The zero-order chi connectivity index (χ0) is 24.8. The van der Waals surface area contributed by atoms with E-state index in [4.69, 9.17) is 9.84 Å².